The van der Waals surface area contributed by atoms with Crippen molar-refractivity contribution in [2.45, 2.75) is 13.8 Å². The number of anilines is 1. The molecule has 0 aromatic heterocycles. The van der Waals surface area contributed by atoms with Crippen LogP contribution in [-0.2, 0) is 0 Å². The van der Waals surface area contributed by atoms with Crippen molar-refractivity contribution < 1.29 is 5.21 Å². The third-order valence-electron chi connectivity index (χ3n) is 2.39. The highest BCUT2D eigenvalue weighted by Gasteiger charge is 2.10. The van der Waals surface area contributed by atoms with E-state index in [4.69, 9.17) is 10.9 Å². The minimum absolute atomic E-state index is 0.0416. The maximum atomic E-state index is 8.56. The van der Waals surface area contributed by atoms with Crippen LogP contribution in [0.3, 0.4) is 0 Å². The average Bonchev–Trinajstić information content (AvgIpc) is 2.26. The van der Waals surface area contributed by atoms with Gasteiger partial charge in [-0.05, 0) is 56.5 Å². The smallest absolute Gasteiger partial charge is 0.143 e. The van der Waals surface area contributed by atoms with Crippen molar-refractivity contribution in [3.63, 3.8) is 0 Å². The molecule has 0 saturated carbocycles. The van der Waals surface area contributed by atoms with Crippen molar-refractivity contribution >= 4 is 43.4 Å². The minimum Gasteiger partial charge on any atom is -0.409 e. The summed E-state index contributed by atoms with van der Waals surface area (Å²) in [4.78, 5) is 0. The Bertz CT molecular complexity index is 412. The maximum absolute atomic E-state index is 8.56. The van der Waals surface area contributed by atoms with E-state index < -0.39 is 0 Å². The third kappa shape index (κ3) is 3.89. The lowest BCUT2D eigenvalue weighted by Crippen LogP contribution is -2.27. The Morgan fingerprint density at radius 1 is 1.47 bits per heavy atom. The van der Waals surface area contributed by atoms with E-state index in [1.54, 1.807) is 0 Å². The highest BCUT2D eigenvalue weighted by atomic mass is 79.9. The van der Waals surface area contributed by atoms with Crippen LogP contribution in [0.2, 0.25) is 0 Å². The van der Waals surface area contributed by atoms with Crippen molar-refractivity contribution in [1.29, 1.82) is 0 Å². The summed E-state index contributed by atoms with van der Waals surface area (Å²) in [5, 5.41) is 14.8. The summed E-state index contributed by atoms with van der Waals surface area (Å²) >= 11 is 7.00. The number of hydrogen-bond donors (Lipinski definition) is 3. The first-order valence-corrected chi connectivity index (χ1v) is 6.71. The molecule has 1 rings (SSSR count). The number of benzene rings is 1. The molecule has 0 aliphatic carbocycles. The van der Waals surface area contributed by atoms with Crippen molar-refractivity contribution in [3.05, 3.63) is 26.6 Å². The first-order chi connectivity index (χ1) is 7.95. The molecule has 0 radical (unpaired) electrons. The van der Waals surface area contributed by atoms with E-state index >= 15 is 0 Å². The van der Waals surface area contributed by atoms with Gasteiger partial charge in [0.25, 0.3) is 0 Å². The van der Waals surface area contributed by atoms with E-state index in [-0.39, 0.29) is 11.8 Å². The molecule has 94 valence electrons. The second-order valence-electron chi connectivity index (χ2n) is 3.91. The molecule has 0 amide bonds. The predicted octanol–water partition coefficient (Wildman–Crippen LogP) is 3.31. The first kappa shape index (κ1) is 14.3. The summed E-state index contributed by atoms with van der Waals surface area (Å²) in [5.74, 6) is 0.178. The highest BCUT2D eigenvalue weighted by molar-refractivity contribution is 9.11. The van der Waals surface area contributed by atoms with Crippen molar-refractivity contribution in [2.75, 3.05) is 11.9 Å². The van der Waals surface area contributed by atoms with E-state index in [0.717, 1.165) is 14.6 Å². The van der Waals surface area contributed by atoms with E-state index in [1.807, 2.05) is 26.0 Å². The Balaban J connectivity index is 2.76. The van der Waals surface area contributed by atoms with Crippen LogP contribution in [0.4, 0.5) is 5.69 Å². The van der Waals surface area contributed by atoms with Gasteiger partial charge in [-0.1, -0.05) is 12.1 Å². The molecule has 0 aliphatic heterocycles. The van der Waals surface area contributed by atoms with Crippen molar-refractivity contribution in [2.24, 2.45) is 16.8 Å². The van der Waals surface area contributed by atoms with Crippen LogP contribution in [0, 0.1) is 12.8 Å². The van der Waals surface area contributed by atoms with Crippen LogP contribution < -0.4 is 11.1 Å². The molecule has 4 nitrogen and oxygen atoms in total. The zero-order valence-corrected chi connectivity index (χ0v) is 12.8. The highest BCUT2D eigenvalue weighted by Crippen LogP contribution is 2.32. The summed E-state index contributed by atoms with van der Waals surface area (Å²) in [5.41, 5.74) is 7.65. The minimum atomic E-state index is -0.0416. The summed E-state index contributed by atoms with van der Waals surface area (Å²) in [7, 11) is 0. The predicted molar refractivity (Wildman–Crippen MR) is 77.6 cm³/mol. The molecule has 0 bridgehead atoms. The zero-order chi connectivity index (χ0) is 13.0. The van der Waals surface area contributed by atoms with E-state index in [1.165, 1.54) is 5.56 Å². The molecular weight excluding hydrogens is 350 g/mol. The Kier molecular flexibility index (Phi) is 5.27. The SMILES string of the molecule is Cc1cc(Br)c(NCC(C)C(N)=NO)c(Br)c1. The second kappa shape index (κ2) is 6.26. The largest absolute Gasteiger partial charge is 0.409 e. The molecule has 0 heterocycles. The molecule has 1 unspecified atom stereocenters. The fraction of sp³-hybridized carbons (Fsp3) is 0.364. The lowest BCUT2D eigenvalue weighted by Gasteiger charge is -2.15. The fourth-order valence-corrected chi connectivity index (χ4v) is 3.02. The van der Waals surface area contributed by atoms with Gasteiger partial charge in [0, 0.05) is 21.4 Å². The molecule has 4 N–H and O–H groups in total. The molecule has 0 saturated heterocycles. The van der Waals surface area contributed by atoms with E-state index in [2.05, 4.69) is 42.3 Å². The Morgan fingerprint density at radius 3 is 2.47 bits per heavy atom. The second-order valence-corrected chi connectivity index (χ2v) is 5.62. The molecule has 1 aromatic carbocycles. The summed E-state index contributed by atoms with van der Waals surface area (Å²) in [6, 6.07) is 4.06. The molecule has 1 atom stereocenters. The van der Waals surface area contributed by atoms with Gasteiger partial charge in [-0.15, -0.1) is 0 Å². The van der Waals surface area contributed by atoms with Gasteiger partial charge in [0.2, 0.25) is 0 Å². The van der Waals surface area contributed by atoms with Crippen LogP contribution in [0.25, 0.3) is 0 Å². The quantitative estimate of drug-likeness (QED) is 0.332. The first-order valence-electron chi connectivity index (χ1n) is 5.12. The molecular formula is C11H15Br2N3O. The van der Waals surface area contributed by atoms with Gasteiger partial charge in [0.05, 0.1) is 5.69 Å². The number of nitrogens with zero attached hydrogens (tertiary/aromatic N) is 1. The number of aryl methyl sites for hydroxylation is 1. The van der Waals surface area contributed by atoms with Crippen LogP contribution >= 0.6 is 31.9 Å². The number of hydrogen-bond acceptors (Lipinski definition) is 3. The van der Waals surface area contributed by atoms with Gasteiger partial charge in [-0.25, -0.2) is 0 Å². The number of amidine groups is 1. The number of halogens is 2. The van der Waals surface area contributed by atoms with Gasteiger partial charge in [0.1, 0.15) is 5.84 Å². The normalized spacial score (nSPS) is 13.5. The van der Waals surface area contributed by atoms with Crippen LogP contribution in [-0.4, -0.2) is 17.6 Å². The van der Waals surface area contributed by atoms with Gasteiger partial charge in [-0.2, -0.15) is 0 Å². The molecule has 1 aromatic rings. The Morgan fingerprint density at radius 2 is 2.00 bits per heavy atom. The van der Waals surface area contributed by atoms with Gasteiger partial charge in [-0.3, -0.25) is 0 Å². The van der Waals surface area contributed by atoms with Crippen LogP contribution in [0.5, 0.6) is 0 Å². The van der Waals surface area contributed by atoms with Crippen LogP contribution in [0.15, 0.2) is 26.2 Å². The molecule has 6 heteroatoms. The third-order valence-corrected chi connectivity index (χ3v) is 3.64. The molecule has 0 spiro atoms. The lowest BCUT2D eigenvalue weighted by atomic mass is 10.1. The van der Waals surface area contributed by atoms with Gasteiger partial charge < -0.3 is 16.3 Å². The maximum Gasteiger partial charge on any atom is 0.143 e. The summed E-state index contributed by atoms with van der Waals surface area (Å²) < 4.78 is 1.96. The van der Waals surface area contributed by atoms with Crippen molar-refractivity contribution in [3.8, 4) is 0 Å². The summed E-state index contributed by atoms with van der Waals surface area (Å²) in [6.45, 7) is 4.51. The fourth-order valence-electron chi connectivity index (χ4n) is 1.33. The van der Waals surface area contributed by atoms with Crippen molar-refractivity contribution in [1.82, 2.24) is 0 Å². The number of nitrogens with one attached hydrogen (secondary N) is 1. The average molecular weight is 365 g/mol. The monoisotopic (exact) mass is 363 g/mol. The standard InChI is InChI=1S/C11H15Br2N3O/c1-6-3-8(12)10(9(13)4-6)15-5-7(2)11(14)16-17/h3-4,7,15,17H,5H2,1-2H3,(H2,14,16). The Labute approximate surface area is 118 Å². The lowest BCUT2D eigenvalue weighted by molar-refractivity contribution is 0.315. The zero-order valence-electron chi connectivity index (χ0n) is 9.67. The number of nitrogens with two attached hydrogens (primary N) is 1. The summed E-state index contributed by atoms with van der Waals surface area (Å²) in [6.07, 6.45) is 0. The van der Waals surface area contributed by atoms with Crippen LogP contribution in [0.1, 0.15) is 12.5 Å². The molecule has 17 heavy (non-hydrogen) atoms. The molecule has 0 aliphatic rings. The molecule has 0 fully saturated rings. The topological polar surface area (TPSA) is 70.6 Å². The van der Waals surface area contributed by atoms with Gasteiger partial charge in [0.15, 0.2) is 0 Å². The Hall–Kier alpha value is -0.750. The van der Waals surface area contributed by atoms with E-state index in [9.17, 15) is 0 Å². The van der Waals surface area contributed by atoms with Gasteiger partial charge >= 0.3 is 0 Å². The number of oxime groups is 1. The number of rotatable bonds is 4. The van der Waals surface area contributed by atoms with E-state index in [0.29, 0.717) is 6.54 Å².